The Balaban J connectivity index is 1.46. The van der Waals surface area contributed by atoms with Gasteiger partial charge in [0, 0.05) is 44.0 Å². The zero-order valence-corrected chi connectivity index (χ0v) is 12.9. The number of piperazine rings is 1. The van der Waals surface area contributed by atoms with Gasteiger partial charge in [0.05, 0.1) is 11.2 Å². The van der Waals surface area contributed by atoms with Crippen molar-refractivity contribution in [3.05, 3.63) is 16.6 Å². The second-order valence-electron chi connectivity index (χ2n) is 6.06. The third kappa shape index (κ3) is 3.04. The van der Waals surface area contributed by atoms with Gasteiger partial charge in [0.25, 0.3) is 0 Å². The summed E-state index contributed by atoms with van der Waals surface area (Å²) in [5, 5.41) is 2.11. The van der Waals surface area contributed by atoms with Crippen molar-refractivity contribution in [1.82, 2.24) is 14.8 Å². The van der Waals surface area contributed by atoms with Crippen LogP contribution in [0.15, 0.2) is 10.9 Å². The van der Waals surface area contributed by atoms with Gasteiger partial charge in [-0.3, -0.25) is 9.69 Å². The van der Waals surface area contributed by atoms with Crippen molar-refractivity contribution in [2.75, 3.05) is 26.2 Å². The Hall–Kier alpha value is -0.940. The van der Waals surface area contributed by atoms with Gasteiger partial charge in [-0.05, 0) is 18.8 Å². The number of carbonyl (C=O) groups is 1. The van der Waals surface area contributed by atoms with Gasteiger partial charge in [-0.15, -0.1) is 11.3 Å². The summed E-state index contributed by atoms with van der Waals surface area (Å²) in [6.07, 6.45) is 3.80. The van der Waals surface area contributed by atoms with Crippen LogP contribution in [0.2, 0.25) is 0 Å². The number of rotatable bonds is 4. The first-order valence-electron chi connectivity index (χ1n) is 7.62. The van der Waals surface area contributed by atoms with Crippen molar-refractivity contribution >= 4 is 17.2 Å². The molecule has 1 aliphatic carbocycles. The first kappa shape index (κ1) is 14.0. The summed E-state index contributed by atoms with van der Waals surface area (Å²) in [6, 6.07) is 0. The number of hydrogen-bond acceptors (Lipinski definition) is 4. The minimum absolute atomic E-state index is 0.230. The largest absolute Gasteiger partial charge is 0.340 e. The maximum atomic E-state index is 12.5. The molecule has 2 aliphatic rings. The van der Waals surface area contributed by atoms with E-state index < -0.39 is 0 Å². The van der Waals surface area contributed by atoms with E-state index in [1.165, 1.54) is 19.3 Å². The molecule has 2 fully saturated rings. The van der Waals surface area contributed by atoms with Crippen molar-refractivity contribution < 1.29 is 4.79 Å². The molecule has 20 heavy (non-hydrogen) atoms. The van der Waals surface area contributed by atoms with Gasteiger partial charge >= 0.3 is 0 Å². The molecule has 1 saturated carbocycles. The van der Waals surface area contributed by atoms with E-state index in [2.05, 4.69) is 27.1 Å². The molecule has 1 aliphatic heterocycles. The summed E-state index contributed by atoms with van der Waals surface area (Å²) < 4.78 is 0. The Morgan fingerprint density at radius 2 is 2.15 bits per heavy atom. The second-order valence-corrected chi connectivity index (χ2v) is 6.78. The molecule has 0 radical (unpaired) electrons. The Morgan fingerprint density at radius 3 is 2.70 bits per heavy atom. The molecule has 1 amide bonds. The highest BCUT2D eigenvalue weighted by Gasteiger charge is 2.32. The molecule has 1 aromatic heterocycles. The van der Waals surface area contributed by atoms with E-state index >= 15 is 0 Å². The van der Waals surface area contributed by atoms with E-state index in [0.717, 1.165) is 38.4 Å². The van der Waals surface area contributed by atoms with Crippen LogP contribution in [0.25, 0.3) is 0 Å². The highest BCUT2D eigenvalue weighted by Crippen LogP contribution is 2.34. The van der Waals surface area contributed by atoms with E-state index in [9.17, 15) is 4.79 Å². The van der Waals surface area contributed by atoms with Crippen LogP contribution >= 0.6 is 11.3 Å². The molecule has 0 bridgehead atoms. The van der Waals surface area contributed by atoms with Gasteiger partial charge < -0.3 is 4.90 Å². The zero-order valence-electron chi connectivity index (χ0n) is 12.1. The van der Waals surface area contributed by atoms with Crippen LogP contribution in [0, 0.1) is 11.8 Å². The van der Waals surface area contributed by atoms with Crippen LogP contribution in [-0.4, -0.2) is 46.9 Å². The number of aromatic nitrogens is 1. The third-order valence-electron chi connectivity index (χ3n) is 4.80. The standard InChI is InChI=1S/C15H23N3OS/c1-12(13-3-2-4-13)15(19)18-7-5-17(6-8-18)9-14-10-20-11-16-14/h10-13H,2-9H2,1H3. The van der Waals surface area contributed by atoms with E-state index in [1.54, 1.807) is 11.3 Å². The summed E-state index contributed by atoms with van der Waals surface area (Å²) in [5.41, 5.74) is 3.03. The van der Waals surface area contributed by atoms with Crippen LogP contribution in [-0.2, 0) is 11.3 Å². The molecule has 5 heteroatoms. The third-order valence-corrected chi connectivity index (χ3v) is 5.43. The Kier molecular flexibility index (Phi) is 4.36. The van der Waals surface area contributed by atoms with E-state index in [4.69, 9.17) is 0 Å². The van der Waals surface area contributed by atoms with Crippen LogP contribution in [0.3, 0.4) is 0 Å². The van der Waals surface area contributed by atoms with Gasteiger partial charge in [0.2, 0.25) is 5.91 Å². The van der Waals surface area contributed by atoms with Gasteiger partial charge in [-0.2, -0.15) is 0 Å². The Labute approximate surface area is 124 Å². The first-order chi connectivity index (χ1) is 9.74. The fourth-order valence-electron chi connectivity index (χ4n) is 3.10. The van der Waals surface area contributed by atoms with Crippen LogP contribution in [0.4, 0.5) is 0 Å². The van der Waals surface area contributed by atoms with Crippen LogP contribution in [0.5, 0.6) is 0 Å². The number of carbonyl (C=O) groups excluding carboxylic acids is 1. The van der Waals surface area contributed by atoms with Crippen LogP contribution in [0.1, 0.15) is 31.9 Å². The SMILES string of the molecule is CC(C(=O)N1CCN(Cc2cscn2)CC1)C1CCC1. The van der Waals surface area contributed by atoms with Gasteiger partial charge in [0.1, 0.15) is 0 Å². The average Bonchev–Trinajstić information content (AvgIpc) is 2.89. The topological polar surface area (TPSA) is 36.4 Å². The minimum Gasteiger partial charge on any atom is -0.340 e. The Bertz CT molecular complexity index is 436. The lowest BCUT2D eigenvalue weighted by atomic mass is 9.76. The lowest BCUT2D eigenvalue weighted by molar-refractivity contribution is -0.139. The molecule has 0 N–H and O–H groups in total. The molecule has 110 valence electrons. The molecule has 0 aromatic carbocycles. The molecular weight excluding hydrogens is 270 g/mol. The fraction of sp³-hybridized carbons (Fsp3) is 0.733. The van der Waals surface area contributed by atoms with Gasteiger partial charge in [0.15, 0.2) is 0 Å². The lowest BCUT2D eigenvalue weighted by Gasteiger charge is -2.38. The predicted molar refractivity (Wildman–Crippen MR) is 80.5 cm³/mol. The number of amides is 1. The molecule has 2 heterocycles. The smallest absolute Gasteiger partial charge is 0.225 e. The van der Waals surface area contributed by atoms with Crippen molar-refractivity contribution in [2.24, 2.45) is 11.8 Å². The van der Waals surface area contributed by atoms with Crippen LogP contribution < -0.4 is 0 Å². The molecule has 1 atom stereocenters. The van der Waals surface area contributed by atoms with Gasteiger partial charge in [-0.1, -0.05) is 13.3 Å². The van der Waals surface area contributed by atoms with E-state index in [-0.39, 0.29) is 5.92 Å². The molecule has 3 rings (SSSR count). The number of nitrogens with zero attached hydrogens (tertiary/aromatic N) is 3. The summed E-state index contributed by atoms with van der Waals surface area (Å²) in [4.78, 5) is 21.2. The van der Waals surface area contributed by atoms with Crippen molar-refractivity contribution in [1.29, 1.82) is 0 Å². The molecule has 0 spiro atoms. The normalized spacial score (nSPS) is 22.6. The van der Waals surface area contributed by atoms with Crippen molar-refractivity contribution in [2.45, 2.75) is 32.7 Å². The monoisotopic (exact) mass is 293 g/mol. The first-order valence-corrected chi connectivity index (χ1v) is 8.56. The highest BCUT2D eigenvalue weighted by atomic mass is 32.1. The average molecular weight is 293 g/mol. The molecular formula is C15H23N3OS. The summed E-state index contributed by atoms with van der Waals surface area (Å²) >= 11 is 1.65. The number of thiazole rings is 1. The molecule has 4 nitrogen and oxygen atoms in total. The minimum atomic E-state index is 0.230. The summed E-state index contributed by atoms with van der Waals surface area (Å²) in [7, 11) is 0. The van der Waals surface area contributed by atoms with E-state index in [1.807, 2.05) is 5.51 Å². The highest BCUT2D eigenvalue weighted by molar-refractivity contribution is 7.07. The quantitative estimate of drug-likeness (QED) is 0.854. The zero-order chi connectivity index (χ0) is 13.9. The second kappa shape index (κ2) is 6.22. The predicted octanol–water partition coefficient (Wildman–Crippen LogP) is 2.22. The Morgan fingerprint density at radius 1 is 1.40 bits per heavy atom. The van der Waals surface area contributed by atoms with E-state index in [0.29, 0.717) is 11.8 Å². The van der Waals surface area contributed by atoms with Gasteiger partial charge in [-0.25, -0.2) is 4.98 Å². The molecule has 1 saturated heterocycles. The fourth-order valence-corrected chi connectivity index (χ4v) is 3.65. The maximum absolute atomic E-state index is 12.5. The summed E-state index contributed by atoms with van der Waals surface area (Å²) in [6.45, 7) is 6.74. The number of hydrogen-bond donors (Lipinski definition) is 0. The van der Waals surface area contributed by atoms with Crippen molar-refractivity contribution in [3.8, 4) is 0 Å². The van der Waals surface area contributed by atoms with Crippen molar-refractivity contribution in [3.63, 3.8) is 0 Å². The maximum Gasteiger partial charge on any atom is 0.225 e. The molecule has 1 unspecified atom stereocenters. The summed E-state index contributed by atoms with van der Waals surface area (Å²) in [5.74, 6) is 1.26. The lowest BCUT2D eigenvalue weighted by Crippen LogP contribution is -2.50. The molecule has 1 aromatic rings.